The van der Waals surface area contributed by atoms with Crippen molar-refractivity contribution in [1.29, 1.82) is 0 Å². The van der Waals surface area contributed by atoms with Crippen molar-refractivity contribution in [2.45, 2.75) is 25.3 Å². The van der Waals surface area contributed by atoms with Crippen molar-refractivity contribution < 1.29 is 4.39 Å². The van der Waals surface area contributed by atoms with E-state index in [0.29, 0.717) is 11.9 Å². The second-order valence-electron chi connectivity index (χ2n) is 4.24. The minimum Gasteiger partial charge on any atom is -0.368 e. The van der Waals surface area contributed by atoms with Gasteiger partial charge in [-0.3, -0.25) is 0 Å². The van der Waals surface area contributed by atoms with Crippen LogP contribution in [0.2, 0.25) is 0 Å². The molecule has 0 aromatic carbocycles. The quantitative estimate of drug-likeness (QED) is 0.790. The number of piperidine rings is 1. The molecule has 88 valence electrons. The molecule has 1 aromatic rings. The van der Waals surface area contributed by atoms with Crippen LogP contribution in [0, 0.1) is 5.95 Å². The number of hydrogen-bond acceptors (Lipinski definition) is 4. The van der Waals surface area contributed by atoms with Crippen LogP contribution in [0.1, 0.15) is 19.3 Å². The molecule has 0 bridgehead atoms. The van der Waals surface area contributed by atoms with Crippen molar-refractivity contribution >= 4 is 5.82 Å². The largest absolute Gasteiger partial charge is 0.368 e. The topological polar surface area (TPSA) is 41.0 Å². The summed E-state index contributed by atoms with van der Waals surface area (Å²) < 4.78 is 12.8. The van der Waals surface area contributed by atoms with E-state index in [1.807, 2.05) is 0 Å². The second-order valence-corrected chi connectivity index (χ2v) is 4.24. The minimum atomic E-state index is -0.491. The molecule has 1 saturated heterocycles. The fourth-order valence-corrected chi connectivity index (χ4v) is 2.05. The van der Waals surface area contributed by atoms with Crippen LogP contribution in [0.5, 0.6) is 0 Å². The zero-order chi connectivity index (χ0) is 11.4. The lowest BCUT2D eigenvalue weighted by Crippen LogP contribution is -2.40. The maximum absolute atomic E-state index is 12.8. The number of halogens is 1. The first-order chi connectivity index (χ1) is 7.75. The van der Waals surface area contributed by atoms with Gasteiger partial charge in [-0.15, -0.1) is 0 Å². The van der Waals surface area contributed by atoms with E-state index in [0.717, 1.165) is 13.1 Å². The smallest absolute Gasteiger partial charge is 0.217 e. The summed E-state index contributed by atoms with van der Waals surface area (Å²) >= 11 is 0. The monoisotopic (exact) mass is 224 g/mol. The van der Waals surface area contributed by atoms with Crippen molar-refractivity contribution in [3.05, 3.63) is 18.3 Å². The van der Waals surface area contributed by atoms with Crippen molar-refractivity contribution in [1.82, 2.24) is 14.9 Å². The molecular formula is C11H17FN4. The van der Waals surface area contributed by atoms with E-state index in [9.17, 15) is 4.39 Å². The van der Waals surface area contributed by atoms with Gasteiger partial charge in [-0.2, -0.15) is 4.39 Å². The summed E-state index contributed by atoms with van der Waals surface area (Å²) in [5.74, 6) is 0.0703. The van der Waals surface area contributed by atoms with E-state index in [1.165, 1.54) is 31.7 Å². The number of anilines is 1. The number of hydrogen-bond donors (Lipinski definition) is 1. The standard InChI is InChI=1S/C11H17FN4/c1-16-5-3-2-4-9(16)7-13-11-6-10(12)14-8-15-11/h6,8-9H,2-5,7H2,1H3,(H,13,14,15). The average Bonchev–Trinajstić information content (AvgIpc) is 2.28. The molecule has 2 rings (SSSR count). The van der Waals surface area contributed by atoms with Gasteiger partial charge in [0.25, 0.3) is 0 Å². The highest BCUT2D eigenvalue weighted by molar-refractivity contribution is 5.32. The summed E-state index contributed by atoms with van der Waals surface area (Å²) in [4.78, 5) is 9.73. The molecule has 0 radical (unpaired) electrons. The number of rotatable bonds is 3. The summed E-state index contributed by atoms with van der Waals surface area (Å²) in [6.45, 7) is 1.96. The second kappa shape index (κ2) is 5.21. The van der Waals surface area contributed by atoms with Crippen LogP contribution in [0.25, 0.3) is 0 Å². The molecular weight excluding hydrogens is 207 g/mol. The third kappa shape index (κ3) is 2.88. The molecule has 0 aliphatic carbocycles. The molecule has 0 saturated carbocycles. The van der Waals surface area contributed by atoms with Gasteiger partial charge >= 0.3 is 0 Å². The van der Waals surface area contributed by atoms with Crippen LogP contribution < -0.4 is 5.32 Å². The Kier molecular flexibility index (Phi) is 3.66. The van der Waals surface area contributed by atoms with Crippen LogP contribution in [0.3, 0.4) is 0 Å². The molecule has 16 heavy (non-hydrogen) atoms. The Morgan fingerprint density at radius 1 is 1.50 bits per heavy atom. The van der Waals surface area contributed by atoms with Crippen molar-refractivity contribution in [2.75, 3.05) is 25.5 Å². The zero-order valence-electron chi connectivity index (χ0n) is 9.49. The Hall–Kier alpha value is -1.23. The Morgan fingerprint density at radius 3 is 3.12 bits per heavy atom. The number of likely N-dealkylation sites (N-methyl/N-ethyl adjacent to an activating group) is 1. The van der Waals surface area contributed by atoms with Crippen LogP contribution in [0.4, 0.5) is 10.2 Å². The molecule has 1 fully saturated rings. The van der Waals surface area contributed by atoms with E-state index in [-0.39, 0.29) is 0 Å². The van der Waals surface area contributed by atoms with E-state index in [1.54, 1.807) is 0 Å². The van der Waals surface area contributed by atoms with Gasteiger partial charge in [-0.05, 0) is 26.4 Å². The number of nitrogens with one attached hydrogen (secondary N) is 1. The molecule has 1 atom stereocenters. The first-order valence-corrected chi connectivity index (χ1v) is 5.67. The first-order valence-electron chi connectivity index (χ1n) is 5.67. The SMILES string of the molecule is CN1CCCCC1CNc1cc(F)ncn1. The Balaban J connectivity index is 1.86. The van der Waals surface area contributed by atoms with Crippen LogP contribution in [-0.2, 0) is 0 Å². The van der Waals surface area contributed by atoms with Crippen LogP contribution >= 0.6 is 0 Å². The van der Waals surface area contributed by atoms with E-state index in [2.05, 4.69) is 27.2 Å². The summed E-state index contributed by atoms with van der Waals surface area (Å²) in [5.41, 5.74) is 0. The first kappa shape index (κ1) is 11.3. The third-order valence-corrected chi connectivity index (χ3v) is 3.07. The van der Waals surface area contributed by atoms with Crippen molar-refractivity contribution in [3.8, 4) is 0 Å². The van der Waals surface area contributed by atoms with Crippen LogP contribution in [-0.4, -0.2) is 41.0 Å². The predicted molar refractivity (Wildman–Crippen MR) is 60.7 cm³/mol. The van der Waals surface area contributed by atoms with Crippen molar-refractivity contribution in [3.63, 3.8) is 0 Å². The molecule has 0 amide bonds. The Bertz CT molecular complexity index is 345. The number of aromatic nitrogens is 2. The fraction of sp³-hybridized carbons (Fsp3) is 0.636. The Morgan fingerprint density at radius 2 is 2.38 bits per heavy atom. The number of likely N-dealkylation sites (tertiary alicyclic amines) is 1. The fourth-order valence-electron chi connectivity index (χ4n) is 2.05. The van der Waals surface area contributed by atoms with Gasteiger partial charge in [0.1, 0.15) is 12.1 Å². The van der Waals surface area contributed by atoms with E-state index >= 15 is 0 Å². The molecule has 1 aliphatic rings. The third-order valence-electron chi connectivity index (χ3n) is 3.07. The molecule has 0 spiro atoms. The molecule has 1 N–H and O–H groups in total. The van der Waals surface area contributed by atoms with Gasteiger partial charge in [-0.1, -0.05) is 6.42 Å². The van der Waals surface area contributed by atoms with Gasteiger partial charge in [-0.25, -0.2) is 9.97 Å². The molecule has 2 heterocycles. The lowest BCUT2D eigenvalue weighted by molar-refractivity contribution is 0.194. The average molecular weight is 224 g/mol. The predicted octanol–water partition coefficient (Wildman–Crippen LogP) is 1.51. The highest BCUT2D eigenvalue weighted by Crippen LogP contribution is 2.15. The van der Waals surface area contributed by atoms with Crippen molar-refractivity contribution in [2.24, 2.45) is 0 Å². The lowest BCUT2D eigenvalue weighted by atomic mass is 10.0. The van der Waals surface area contributed by atoms with Crippen LogP contribution in [0.15, 0.2) is 12.4 Å². The zero-order valence-corrected chi connectivity index (χ0v) is 9.49. The lowest BCUT2D eigenvalue weighted by Gasteiger charge is -2.32. The highest BCUT2D eigenvalue weighted by atomic mass is 19.1. The van der Waals surface area contributed by atoms with Gasteiger partial charge < -0.3 is 10.2 Å². The Labute approximate surface area is 94.9 Å². The minimum absolute atomic E-state index is 0.491. The maximum Gasteiger partial charge on any atom is 0.217 e. The molecule has 1 aliphatic heterocycles. The molecule has 4 nitrogen and oxygen atoms in total. The maximum atomic E-state index is 12.8. The summed E-state index contributed by atoms with van der Waals surface area (Å²) in [6, 6.07) is 1.84. The van der Waals surface area contributed by atoms with Gasteiger partial charge in [0.05, 0.1) is 0 Å². The van der Waals surface area contributed by atoms with Gasteiger partial charge in [0.2, 0.25) is 5.95 Å². The molecule has 1 aromatic heterocycles. The van der Waals surface area contributed by atoms with Gasteiger partial charge in [0.15, 0.2) is 0 Å². The number of nitrogens with zero attached hydrogens (tertiary/aromatic N) is 3. The van der Waals surface area contributed by atoms with E-state index in [4.69, 9.17) is 0 Å². The summed E-state index contributed by atoms with van der Waals surface area (Å²) in [5, 5.41) is 3.15. The summed E-state index contributed by atoms with van der Waals surface area (Å²) in [6.07, 6.45) is 4.98. The highest BCUT2D eigenvalue weighted by Gasteiger charge is 2.18. The molecule has 5 heteroatoms. The molecule has 1 unspecified atom stereocenters. The normalized spacial score (nSPS) is 22.0. The van der Waals surface area contributed by atoms with Gasteiger partial charge in [0, 0.05) is 18.7 Å². The summed E-state index contributed by atoms with van der Waals surface area (Å²) in [7, 11) is 2.13. The van der Waals surface area contributed by atoms with E-state index < -0.39 is 5.95 Å².